The van der Waals surface area contributed by atoms with Gasteiger partial charge in [-0.15, -0.1) is 0 Å². The number of hydrogen-bond donors (Lipinski definition) is 2. The maximum atomic E-state index is 12.2. The first-order chi connectivity index (χ1) is 13.0. The number of rotatable bonds is 7. The summed E-state index contributed by atoms with van der Waals surface area (Å²) in [5, 5.41) is 3.95. The van der Waals surface area contributed by atoms with E-state index in [9.17, 15) is 13.2 Å². The number of ether oxygens (including phenoxy) is 1. The zero-order valence-electron chi connectivity index (χ0n) is 14.8. The summed E-state index contributed by atoms with van der Waals surface area (Å²) in [6, 6.07) is 15.5. The monoisotopic (exact) mass is 386 g/mol. The molecule has 0 radical (unpaired) electrons. The molecule has 1 aliphatic rings. The molecular weight excluding hydrogens is 364 g/mol. The lowest BCUT2D eigenvalue weighted by atomic mass is 10.2. The summed E-state index contributed by atoms with van der Waals surface area (Å²) in [7, 11) is -3.63. The average Bonchev–Trinajstić information content (AvgIpc) is 3.19. The van der Waals surface area contributed by atoms with Crippen LogP contribution < -0.4 is 10.0 Å². The summed E-state index contributed by atoms with van der Waals surface area (Å²) in [6.45, 7) is 1.23. The fraction of sp³-hybridized carbons (Fsp3) is 0.250. The molecular formula is C20H22N2O4S. The minimum Gasteiger partial charge on any atom is -0.376 e. The van der Waals surface area contributed by atoms with Gasteiger partial charge in [-0.2, -0.15) is 0 Å². The molecule has 0 spiro atoms. The molecule has 2 aromatic rings. The number of amides is 1. The van der Waals surface area contributed by atoms with Gasteiger partial charge >= 0.3 is 0 Å². The lowest BCUT2D eigenvalue weighted by molar-refractivity contribution is 0.0858. The van der Waals surface area contributed by atoms with E-state index in [-0.39, 0.29) is 12.0 Å². The number of anilines is 1. The molecule has 1 aliphatic heterocycles. The molecule has 27 heavy (non-hydrogen) atoms. The first-order valence-electron chi connectivity index (χ1n) is 8.78. The molecule has 1 saturated heterocycles. The molecule has 6 nitrogen and oxygen atoms in total. The standard InChI is InChI=1S/C20H22N2O4S/c23-20(21-15-19-7-4-13-26-19)17-8-10-18(11-9-17)22-27(24,25)14-12-16-5-2-1-3-6-16/h1-3,5-6,8-12,14,19,22H,4,7,13,15H2,(H,21,23)/b14-12+/t19-/m1/s1. The maximum Gasteiger partial charge on any atom is 0.255 e. The van der Waals surface area contributed by atoms with Crippen molar-refractivity contribution in [2.45, 2.75) is 18.9 Å². The van der Waals surface area contributed by atoms with Crippen LogP contribution in [0.3, 0.4) is 0 Å². The Kier molecular flexibility index (Phi) is 6.26. The summed E-state index contributed by atoms with van der Waals surface area (Å²) in [5.41, 5.74) is 1.65. The molecule has 0 saturated carbocycles. The molecule has 0 unspecified atom stereocenters. The summed E-state index contributed by atoms with van der Waals surface area (Å²) >= 11 is 0. The van der Waals surface area contributed by atoms with Crippen molar-refractivity contribution in [1.82, 2.24) is 5.32 Å². The Morgan fingerprint density at radius 1 is 1.11 bits per heavy atom. The highest BCUT2D eigenvalue weighted by molar-refractivity contribution is 7.95. The van der Waals surface area contributed by atoms with Crippen LogP contribution >= 0.6 is 0 Å². The molecule has 7 heteroatoms. The Morgan fingerprint density at radius 3 is 2.52 bits per heavy atom. The van der Waals surface area contributed by atoms with Crippen molar-refractivity contribution in [3.05, 3.63) is 71.1 Å². The SMILES string of the molecule is O=C(NC[C@H]1CCCO1)c1ccc(NS(=O)(=O)/C=C/c2ccccc2)cc1. The van der Waals surface area contributed by atoms with Gasteiger partial charge in [0, 0.05) is 24.4 Å². The number of sulfonamides is 1. The summed E-state index contributed by atoms with van der Waals surface area (Å²) in [4.78, 5) is 12.1. The highest BCUT2D eigenvalue weighted by atomic mass is 32.2. The topological polar surface area (TPSA) is 84.5 Å². The second kappa shape index (κ2) is 8.83. The Bertz CT molecular complexity index is 887. The van der Waals surface area contributed by atoms with Crippen LogP contribution in [-0.2, 0) is 14.8 Å². The molecule has 1 heterocycles. The summed E-state index contributed by atoms with van der Waals surface area (Å²) < 4.78 is 32.2. The normalized spacial score (nSPS) is 17.1. The molecule has 1 fully saturated rings. The molecule has 1 atom stereocenters. The van der Waals surface area contributed by atoms with E-state index < -0.39 is 10.0 Å². The lowest BCUT2D eigenvalue weighted by Gasteiger charge is -2.11. The fourth-order valence-electron chi connectivity index (χ4n) is 2.73. The molecule has 1 amide bonds. The van der Waals surface area contributed by atoms with Crippen LogP contribution in [0, 0.1) is 0 Å². The molecule has 142 valence electrons. The van der Waals surface area contributed by atoms with Gasteiger partial charge in [-0.25, -0.2) is 8.42 Å². The quantitative estimate of drug-likeness (QED) is 0.766. The van der Waals surface area contributed by atoms with Gasteiger partial charge in [0.2, 0.25) is 0 Å². The second-order valence-electron chi connectivity index (χ2n) is 6.28. The van der Waals surface area contributed by atoms with Gasteiger partial charge in [-0.3, -0.25) is 9.52 Å². The number of benzene rings is 2. The molecule has 2 N–H and O–H groups in total. The van der Waals surface area contributed by atoms with Crippen LogP contribution in [0.5, 0.6) is 0 Å². The van der Waals surface area contributed by atoms with Crippen molar-refractivity contribution < 1.29 is 17.9 Å². The molecule has 0 bridgehead atoms. The zero-order valence-corrected chi connectivity index (χ0v) is 15.6. The fourth-order valence-corrected chi connectivity index (χ4v) is 3.60. The Balaban J connectivity index is 1.56. The average molecular weight is 386 g/mol. The van der Waals surface area contributed by atoms with Crippen molar-refractivity contribution in [1.29, 1.82) is 0 Å². The van der Waals surface area contributed by atoms with Gasteiger partial charge in [0.25, 0.3) is 15.9 Å². The molecule has 0 aromatic heterocycles. The van der Waals surface area contributed by atoms with E-state index in [2.05, 4.69) is 10.0 Å². The van der Waals surface area contributed by atoms with Gasteiger partial charge in [-0.05, 0) is 48.7 Å². The van der Waals surface area contributed by atoms with E-state index >= 15 is 0 Å². The third-order valence-corrected chi connectivity index (χ3v) is 5.18. The first-order valence-corrected chi connectivity index (χ1v) is 10.3. The van der Waals surface area contributed by atoms with Crippen molar-refractivity contribution in [2.75, 3.05) is 17.9 Å². The number of hydrogen-bond acceptors (Lipinski definition) is 4. The Labute approximate surface area is 159 Å². The summed E-state index contributed by atoms with van der Waals surface area (Å²) in [6.07, 6.45) is 3.58. The predicted molar refractivity (Wildman–Crippen MR) is 106 cm³/mol. The Morgan fingerprint density at radius 2 is 1.85 bits per heavy atom. The van der Waals surface area contributed by atoms with Gasteiger partial charge < -0.3 is 10.1 Å². The highest BCUT2D eigenvalue weighted by Crippen LogP contribution is 2.14. The Hall–Kier alpha value is -2.64. The smallest absolute Gasteiger partial charge is 0.255 e. The predicted octanol–water partition coefficient (Wildman–Crippen LogP) is 3.01. The molecule has 2 aromatic carbocycles. The zero-order chi connectivity index (χ0) is 19.1. The van der Waals surface area contributed by atoms with Crippen LogP contribution in [0.15, 0.2) is 60.0 Å². The van der Waals surface area contributed by atoms with Crippen molar-refractivity contribution in [3.63, 3.8) is 0 Å². The largest absolute Gasteiger partial charge is 0.376 e. The van der Waals surface area contributed by atoms with Gasteiger partial charge in [0.05, 0.1) is 11.5 Å². The van der Waals surface area contributed by atoms with Crippen LogP contribution in [-0.4, -0.2) is 33.6 Å². The van der Waals surface area contributed by atoms with Gasteiger partial charge in [0.15, 0.2) is 0 Å². The van der Waals surface area contributed by atoms with E-state index in [4.69, 9.17) is 4.74 Å². The van der Waals surface area contributed by atoms with E-state index in [0.717, 1.165) is 30.4 Å². The van der Waals surface area contributed by atoms with Crippen molar-refractivity contribution >= 4 is 27.7 Å². The third kappa shape index (κ3) is 5.94. The van der Waals surface area contributed by atoms with Crippen LogP contribution in [0.4, 0.5) is 5.69 Å². The lowest BCUT2D eigenvalue weighted by Crippen LogP contribution is -2.31. The van der Waals surface area contributed by atoms with Crippen LogP contribution in [0.25, 0.3) is 6.08 Å². The second-order valence-corrected chi connectivity index (χ2v) is 7.85. The minimum atomic E-state index is -3.63. The summed E-state index contributed by atoms with van der Waals surface area (Å²) in [5.74, 6) is -0.205. The molecule has 3 rings (SSSR count). The third-order valence-electron chi connectivity index (χ3n) is 4.16. The first kappa shape index (κ1) is 19.1. The number of carbonyl (C=O) groups is 1. The maximum absolute atomic E-state index is 12.2. The molecule has 0 aliphatic carbocycles. The number of nitrogens with one attached hydrogen (secondary N) is 2. The van der Waals surface area contributed by atoms with Gasteiger partial charge in [0.1, 0.15) is 0 Å². The number of carbonyl (C=O) groups excluding carboxylic acids is 1. The van der Waals surface area contributed by atoms with Crippen molar-refractivity contribution in [2.24, 2.45) is 0 Å². The van der Waals surface area contributed by atoms with Crippen LogP contribution in [0.2, 0.25) is 0 Å². The van der Waals surface area contributed by atoms with E-state index in [1.807, 2.05) is 30.3 Å². The highest BCUT2D eigenvalue weighted by Gasteiger charge is 2.16. The van der Waals surface area contributed by atoms with Gasteiger partial charge in [-0.1, -0.05) is 30.3 Å². The van der Waals surface area contributed by atoms with Crippen molar-refractivity contribution in [3.8, 4) is 0 Å². The van der Waals surface area contributed by atoms with E-state index in [1.165, 1.54) is 6.08 Å². The minimum absolute atomic E-state index is 0.0800. The van der Waals surface area contributed by atoms with E-state index in [1.54, 1.807) is 24.3 Å². The van der Waals surface area contributed by atoms with Crippen LogP contribution in [0.1, 0.15) is 28.8 Å². The van der Waals surface area contributed by atoms with E-state index in [0.29, 0.717) is 17.8 Å².